The van der Waals surface area contributed by atoms with Gasteiger partial charge in [0.25, 0.3) is 0 Å². The maximum Gasteiger partial charge on any atom is 0.354 e. The number of carbonyl (C=O) groups is 1. The van der Waals surface area contributed by atoms with Gasteiger partial charge in [0.15, 0.2) is 5.69 Å². The van der Waals surface area contributed by atoms with Gasteiger partial charge >= 0.3 is 5.97 Å². The van der Waals surface area contributed by atoms with Gasteiger partial charge in [-0.3, -0.25) is 4.90 Å². The molecule has 1 saturated heterocycles. The van der Waals surface area contributed by atoms with Gasteiger partial charge in [0.05, 0.1) is 0 Å². The minimum Gasteiger partial charge on any atom is -0.477 e. The van der Waals surface area contributed by atoms with Crippen LogP contribution in [0.1, 0.15) is 30.8 Å². The third-order valence-corrected chi connectivity index (χ3v) is 3.67. The Balaban J connectivity index is 2.01. The summed E-state index contributed by atoms with van der Waals surface area (Å²) in [5.74, 6) is -0.495. The summed E-state index contributed by atoms with van der Waals surface area (Å²) in [6.45, 7) is 8.04. The average molecular weight is 264 g/mol. The molecule has 104 valence electrons. The summed E-state index contributed by atoms with van der Waals surface area (Å²) in [4.78, 5) is 23.6. The summed E-state index contributed by atoms with van der Waals surface area (Å²) in [5, 5.41) is 8.94. The number of aromatic nitrogens is 2. The molecule has 1 atom stereocenters. The van der Waals surface area contributed by atoms with E-state index in [1.54, 1.807) is 0 Å². The Hall–Kier alpha value is -1.69. The Labute approximate surface area is 113 Å². The molecule has 1 aromatic heterocycles. The van der Waals surface area contributed by atoms with Crippen molar-refractivity contribution in [2.75, 3.05) is 31.1 Å². The lowest BCUT2D eigenvalue weighted by Crippen LogP contribution is -2.50. The molecule has 1 aliphatic rings. The maximum atomic E-state index is 10.9. The molecule has 2 heterocycles. The summed E-state index contributed by atoms with van der Waals surface area (Å²) in [6.07, 6.45) is 2.65. The van der Waals surface area contributed by atoms with E-state index in [-0.39, 0.29) is 5.69 Å². The van der Waals surface area contributed by atoms with E-state index in [0.29, 0.717) is 12.0 Å². The highest BCUT2D eigenvalue weighted by atomic mass is 16.4. The first-order chi connectivity index (χ1) is 9.11. The van der Waals surface area contributed by atoms with Crippen LogP contribution in [0.5, 0.6) is 0 Å². The second kappa shape index (κ2) is 5.97. The van der Waals surface area contributed by atoms with E-state index in [0.717, 1.165) is 32.6 Å². The zero-order chi connectivity index (χ0) is 13.8. The minimum absolute atomic E-state index is 0.0503. The molecule has 19 heavy (non-hydrogen) atoms. The van der Waals surface area contributed by atoms with Gasteiger partial charge < -0.3 is 10.0 Å². The van der Waals surface area contributed by atoms with Crippen LogP contribution >= 0.6 is 0 Å². The number of rotatable bonds is 4. The van der Waals surface area contributed by atoms with Gasteiger partial charge in [-0.1, -0.05) is 6.92 Å². The lowest BCUT2D eigenvalue weighted by molar-refractivity contribution is 0.0690. The van der Waals surface area contributed by atoms with Gasteiger partial charge in [-0.15, -0.1) is 0 Å². The fourth-order valence-electron chi connectivity index (χ4n) is 2.24. The Kier molecular flexibility index (Phi) is 4.31. The highest BCUT2D eigenvalue weighted by molar-refractivity contribution is 5.85. The number of aromatic carboxylic acids is 1. The number of nitrogens with zero attached hydrogens (tertiary/aromatic N) is 4. The predicted octanol–water partition coefficient (Wildman–Crippen LogP) is 1.10. The van der Waals surface area contributed by atoms with Gasteiger partial charge in [0, 0.05) is 38.4 Å². The van der Waals surface area contributed by atoms with E-state index in [4.69, 9.17) is 5.11 Å². The van der Waals surface area contributed by atoms with E-state index >= 15 is 0 Å². The van der Waals surface area contributed by atoms with Crippen molar-refractivity contribution in [3.8, 4) is 0 Å². The summed E-state index contributed by atoms with van der Waals surface area (Å²) in [5.41, 5.74) is 0.0503. The molecule has 1 fully saturated rings. The molecule has 2 rings (SSSR count). The third kappa shape index (κ3) is 3.20. The van der Waals surface area contributed by atoms with Crippen molar-refractivity contribution < 1.29 is 9.90 Å². The quantitative estimate of drug-likeness (QED) is 0.878. The zero-order valence-corrected chi connectivity index (χ0v) is 11.4. The number of piperazine rings is 1. The lowest BCUT2D eigenvalue weighted by atomic mass is 10.2. The van der Waals surface area contributed by atoms with Gasteiger partial charge in [-0.25, -0.2) is 14.8 Å². The minimum atomic E-state index is -1.01. The van der Waals surface area contributed by atoms with Gasteiger partial charge in [-0.05, 0) is 19.4 Å². The molecule has 1 N–H and O–H groups in total. The normalized spacial score (nSPS) is 18.3. The molecule has 1 aromatic rings. The van der Waals surface area contributed by atoms with E-state index in [1.807, 2.05) is 4.90 Å². The fourth-order valence-corrected chi connectivity index (χ4v) is 2.24. The second-order valence-corrected chi connectivity index (χ2v) is 4.83. The number of hydrogen-bond acceptors (Lipinski definition) is 5. The van der Waals surface area contributed by atoms with Gasteiger partial charge in [0.1, 0.15) is 0 Å². The van der Waals surface area contributed by atoms with Crippen molar-refractivity contribution in [3.05, 3.63) is 18.0 Å². The van der Waals surface area contributed by atoms with E-state index in [1.165, 1.54) is 12.3 Å². The van der Waals surface area contributed by atoms with Crippen molar-refractivity contribution in [2.45, 2.75) is 26.3 Å². The Morgan fingerprint density at radius 3 is 2.68 bits per heavy atom. The van der Waals surface area contributed by atoms with Crippen LogP contribution in [0, 0.1) is 0 Å². The van der Waals surface area contributed by atoms with Crippen LogP contribution in [0.2, 0.25) is 0 Å². The van der Waals surface area contributed by atoms with E-state index in [2.05, 4.69) is 28.7 Å². The van der Waals surface area contributed by atoms with E-state index < -0.39 is 5.97 Å². The first-order valence-electron chi connectivity index (χ1n) is 6.67. The average Bonchev–Trinajstić information content (AvgIpc) is 2.46. The number of carboxylic acids is 1. The second-order valence-electron chi connectivity index (χ2n) is 4.83. The first-order valence-corrected chi connectivity index (χ1v) is 6.67. The highest BCUT2D eigenvalue weighted by Gasteiger charge is 2.22. The molecule has 1 aliphatic heterocycles. The topological polar surface area (TPSA) is 69.6 Å². The van der Waals surface area contributed by atoms with E-state index in [9.17, 15) is 4.79 Å². The molecule has 0 bridgehead atoms. The highest BCUT2D eigenvalue weighted by Crippen LogP contribution is 2.13. The Morgan fingerprint density at radius 2 is 2.11 bits per heavy atom. The van der Waals surface area contributed by atoms with Crippen molar-refractivity contribution >= 4 is 11.9 Å². The monoisotopic (exact) mass is 264 g/mol. The molecule has 0 aliphatic carbocycles. The summed E-state index contributed by atoms with van der Waals surface area (Å²) >= 11 is 0. The number of anilines is 1. The van der Waals surface area contributed by atoms with Crippen LogP contribution in [0.3, 0.4) is 0 Å². The molecular formula is C13H20N4O2. The van der Waals surface area contributed by atoms with Gasteiger partial charge in [0.2, 0.25) is 5.95 Å². The Bertz CT molecular complexity index is 444. The van der Waals surface area contributed by atoms with Crippen LogP contribution < -0.4 is 4.90 Å². The molecule has 6 heteroatoms. The summed E-state index contributed by atoms with van der Waals surface area (Å²) in [7, 11) is 0. The molecule has 6 nitrogen and oxygen atoms in total. The van der Waals surface area contributed by atoms with Crippen LogP contribution in [0.15, 0.2) is 12.3 Å². The van der Waals surface area contributed by atoms with Crippen LogP contribution in [-0.2, 0) is 0 Å². The lowest BCUT2D eigenvalue weighted by Gasteiger charge is -2.37. The first kappa shape index (κ1) is 13.7. The third-order valence-electron chi connectivity index (χ3n) is 3.67. The van der Waals surface area contributed by atoms with Crippen molar-refractivity contribution in [1.82, 2.24) is 14.9 Å². The van der Waals surface area contributed by atoms with Gasteiger partial charge in [-0.2, -0.15) is 0 Å². The molecule has 0 radical (unpaired) electrons. The maximum absolute atomic E-state index is 10.9. The number of hydrogen-bond donors (Lipinski definition) is 1. The van der Waals surface area contributed by atoms with Crippen molar-refractivity contribution in [3.63, 3.8) is 0 Å². The zero-order valence-electron chi connectivity index (χ0n) is 11.4. The van der Waals surface area contributed by atoms with Crippen molar-refractivity contribution in [2.24, 2.45) is 0 Å². The predicted molar refractivity (Wildman–Crippen MR) is 72.5 cm³/mol. The molecule has 0 aromatic carbocycles. The standard InChI is InChI=1S/C13H20N4O2/c1-3-10(2)16-6-8-17(9-7-16)13-14-5-4-11(15-13)12(18)19/h4-5,10H,3,6-9H2,1-2H3,(H,18,19). The van der Waals surface area contributed by atoms with Crippen LogP contribution in [0.4, 0.5) is 5.95 Å². The summed E-state index contributed by atoms with van der Waals surface area (Å²) < 4.78 is 0. The molecule has 1 unspecified atom stereocenters. The fraction of sp³-hybridized carbons (Fsp3) is 0.615. The smallest absolute Gasteiger partial charge is 0.354 e. The molecule has 0 spiro atoms. The molecule has 0 saturated carbocycles. The SMILES string of the molecule is CCC(C)N1CCN(c2nccc(C(=O)O)n2)CC1. The van der Waals surface area contributed by atoms with Crippen LogP contribution in [0.25, 0.3) is 0 Å². The molecular weight excluding hydrogens is 244 g/mol. The number of carboxylic acid groups (broad SMARTS) is 1. The van der Waals surface area contributed by atoms with Crippen LogP contribution in [-0.4, -0.2) is 58.2 Å². The van der Waals surface area contributed by atoms with Crippen molar-refractivity contribution in [1.29, 1.82) is 0 Å². The largest absolute Gasteiger partial charge is 0.477 e. The Morgan fingerprint density at radius 1 is 1.42 bits per heavy atom. The molecule has 0 amide bonds. The summed E-state index contributed by atoms with van der Waals surface area (Å²) in [6, 6.07) is 2.01.